The zero-order valence-electron chi connectivity index (χ0n) is 6.73. The minimum Gasteiger partial charge on any atom is -0.324 e. The summed E-state index contributed by atoms with van der Waals surface area (Å²) in [5.41, 5.74) is 6.57. The van der Waals surface area contributed by atoms with Gasteiger partial charge in [-0.3, -0.25) is 10.1 Å². The van der Waals surface area contributed by atoms with Crippen LogP contribution in [-0.2, 0) is 0 Å². The van der Waals surface area contributed by atoms with E-state index in [1.165, 1.54) is 12.1 Å². The van der Waals surface area contributed by atoms with E-state index in [0.717, 1.165) is 5.56 Å². The summed E-state index contributed by atoms with van der Waals surface area (Å²) in [5.74, 6) is 0. The van der Waals surface area contributed by atoms with Crippen LogP contribution in [0, 0.1) is 10.1 Å². The average Bonchev–Trinajstić information content (AvgIpc) is 2.04. The summed E-state index contributed by atoms with van der Waals surface area (Å²) in [4.78, 5) is 9.83. The Morgan fingerprint density at radius 2 is 1.92 bits per heavy atom. The number of nitro benzene ring substituents is 1. The van der Waals surface area contributed by atoms with Crippen molar-refractivity contribution in [2.45, 2.75) is 13.0 Å². The number of nitrogens with zero attached hydrogens (tertiary/aromatic N) is 1. The lowest BCUT2D eigenvalue weighted by Gasteiger charge is -2.03. The van der Waals surface area contributed by atoms with Crippen LogP contribution in [0.15, 0.2) is 24.3 Å². The molecule has 4 nitrogen and oxygen atoms in total. The Labute approximate surface area is 70.2 Å². The zero-order chi connectivity index (χ0) is 9.14. The molecule has 0 heterocycles. The Bertz CT molecular complexity index is 280. The molecule has 2 N–H and O–H groups in total. The maximum absolute atomic E-state index is 10.3. The largest absolute Gasteiger partial charge is 0.324 e. The normalized spacial score (nSPS) is 12.5. The van der Waals surface area contributed by atoms with Gasteiger partial charge in [-0.2, -0.15) is 0 Å². The number of rotatable bonds is 2. The van der Waals surface area contributed by atoms with Gasteiger partial charge >= 0.3 is 0 Å². The van der Waals surface area contributed by atoms with Crippen molar-refractivity contribution in [3.63, 3.8) is 0 Å². The van der Waals surface area contributed by atoms with Crippen molar-refractivity contribution in [1.82, 2.24) is 0 Å². The van der Waals surface area contributed by atoms with Gasteiger partial charge in [-0.1, -0.05) is 12.1 Å². The first-order valence-corrected chi connectivity index (χ1v) is 3.61. The smallest absolute Gasteiger partial charge is 0.269 e. The van der Waals surface area contributed by atoms with E-state index in [-0.39, 0.29) is 11.7 Å². The lowest BCUT2D eigenvalue weighted by molar-refractivity contribution is -0.384. The molecule has 0 aliphatic heterocycles. The van der Waals surface area contributed by atoms with Crippen LogP contribution in [0.2, 0.25) is 0 Å². The summed E-state index contributed by atoms with van der Waals surface area (Å²) in [7, 11) is 0. The van der Waals surface area contributed by atoms with Crippen LogP contribution in [0.25, 0.3) is 0 Å². The highest BCUT2D eigenvalue weighted by Crippen LogP contribution is 2.15. The van der Waals surface area contributed by atoms with Crippen LogP contribution in [0.3, 0.4) is 0 Å². The molecule has 0 amide bonds. The molecule has 1 atom stereocenters. The number of nitrogens with two attached hydrogens (primary N) is 1. The van der Waals surface area contributed by atoms with E-state index in [4.69, 9.17) is 5.73 Å². The van der Waals surface area contributed by atoms with E-state index in [1.54, 1.807) is 12.1 Å². The monoisotopic (exact) mass is 166 g/mol. The minimum atomic E-state index is -0.426. The van der Waals surface area contributed by atoms with Gasteiger partial charge in [-0.15, -0.1) is 0 Å². The minimum absolute atomic E-state index is 0.0780. The van der Waals surface area contributed by atoms with Crippen molar-refractivity contribution in [2.75, 3.05) is 0 Å². The molecule has 1 aromatic carbocycles. The molecule has 0 aromatic heterocycles. The van der Waals surface area contributed by atoms with Gasteiger partial charge in [0.25, 0.3) is 5.69 Å². The van der Waals surface area contributed by atoms with Crippen molar-refractivity contribution in [3.8, 4) is 0 Å². The average molecular weight is 166 g/mol. The number of benzene rings is 1. The fraction of sp³-hybridized carbons (Fsp3) is 0.250. The molecule has 0 radical (unpaired) electrons. The Morgan fingerprint density at radius 3 is 2.25 bits per heavy atom. The third-order valence-corrected chi connectivity index (χ3v) is 1.63. The van der Waals surface area contributed by atoms with Crippen molar-refractivity contribution in [2.24, 2.45) is 5.73 Å². The number of non-ortho nitro benzene ring substituents is 1. The predicted octanol–water partition coefficient (Wildman–Crippen LogP) is 1.61. The molecular formula is C8H10N2O2. The lowest BCUT2D eigenvalue weighted by atomic mass is 10.1. The van der Waals surface area contributed by atoms with E-state index in [0.29, 0.717) is 0 Å². The number of nitro groups is 1. The predicted molar refractivity (Wildman–Crippen MR) is 45.7 cm³/mol. The van der Waals surface area contributed by atoms with Crippen LogP contribution < -0.4 is 5.73 Å². The molecule has 64 valence electrons. The maximum Gasteiger partial charge on any atom is 0.269 e. The molecule has 0 aliphatic carbocycles. The van der Waals surface area contributed by atoms with Crippen molar-refractivity contribution in [3.05, 3.63) is 39.9 Å². The molecule has 0 fully saturated rings. The van der Waals surface area contributed by atoms with Crippen LogP contribution in [0.4, 0.5) is 5.69 Å². The third-order valence-electron chi connectivity index (χ3n) is 1.63. The van der Waals surface area contributed by atoms with Gasteiger partial charge in [-0.05, 0) is 12.5 Å². The van der Waals surface area contributed by atoms with E-state index in [1.807, 2.05) is 6.92 Å². The Kier molecular flexibility index (Phi) is 2.40. The second-order valence-corrected chi connectivity index (χ2v) is 2.64. The van der Waals surface area contributed by atoms with Crippen molar-refractivity contribution >= 4 is 5.69 Å². The first-order chi connectivity index (χ1) is 5.61. The number of hydrogen-bond donors (Lipinski definition) is 1. The summed E-state index contributed by atoms with van der Waals surface area (Å²) in [6.45, 7) is 1.83. The van der Waals surface area contributed by atoms with Crippen molar-refractivity contribution < 1.29 is 4.92 Å². The highest BCUT2D eigenvalue weighted by atomic mass is 16.6. The van der Waals surface area contributed by atoms with E-state index < -0.39 is 4.92 Å². The topological polar surface area (TPSA) is 69.2 Å². The Balaban J connectivity index is 2.93. The van der Waals surface area contributed by atoms with Gasteiger partial charge in [0, 0.05) is 18.2 Å². The van der Waals surface area contributed by atoms with E-state index in [9.17, 15) is 10.1 Å². The van der Waals surface area contributed by atoms with Crippen LogP contribution in [0.1, 0.15) is 18.5 Å². The molecule has 0 unspecified atom stereocenters. The summed E-state index contributed by atoms with van der Waals surface area (Å²) in [5, 5.41) is 10.3. The summed E-state index contributed by atoms with van der Waals surface area (Å²) >= 11 is 0. The molecule has 4 heteroatoms. The fourth-order valence-corrected chi connectivity index (χ4v) is 0.900. The summed E-state index contributed by atoms with van der Waals surface area (Å²) < 4.78 is 0. The van der Waals surface area contributed by atoms with Crippen LogP contribution in [-0.4, -0.2) is 4.92 Å². The molecular weight excluding hydrogens is 156 g/mol. The molecule has 0 aliphatic rings. The standard InChI is InChI=1S/C8H10N2O2/c1-6(9)7-2-4-8(5-3-7)10(11)12/h2-6H,9H2,1H3/t6-/m1/s1. The van der Waals surface area contributed by atoms with Gasteiger partial charge in [0.15, 0.2) is 0 Å². The molecule has 1 aromatic rings. The zero-order valence-corrected chi connectivity index (χ0v) is 6.73. The summed E-state index contributed by atoms with van der Waals surface area (Å²) in [6.07, 6.45) is 0. The second-order valence-electron chi connectivity index (χ2n) is 2.64. The van der Waals surface area contributed by atoms with Gasteiger partial charge in [0.05, 0.1) is 4.92 Å². The van der Waals surface area contributed by atoms with E-state index in [2.05, 4.69) is 0 Å². The van der Waals surface area contributed by atoms with Crippen LogP contribution in [0.5, 0.6) is 0 Å². The van der Waals surface area contributed by atoms with Gasteiger partial charge in [0.1, 0.15) is 0 Å². The quantitative estimate of drug-likeness (QED) is 0.536. The Hall–Kier alpha value is -1.42. The van der Waals surface area contributed by atoms with E-state index >= 15 is 0 Å². The lowest BCUT2D eigenvalue weighted by Crippen LogP contribution is -2.04. The highest BCUT2D eigenvalue weighted by Gasteiger charge is 2.05. The first kappa shape index (κ1) is 8.67. The SMILES string of the molecule is C[C@@H](N)c1ccc([N+](=O)[O-])cc1. The maximum atomic E-state index is 10.3. The molecule has 1 rings (SSSR count). The molecule has 0 saturated heterocycles. The Morgan fingerprint density at radius 1 is 1.42 bits per heavy atom. The van der Waals surface area contributed by atoms with Crippen molar-refractivity contribution in [1.29, 1.82) is 0 Å². The van der Waals surface area contributed by atoms with Gasteiger partial charge in [0.2, 0.25) is 0 Å². The first-order valence-electron chi connectivity index (χ1n) is 3.61. The molecule has 0 saturated carbocycles. The fourth-order valence-electron chi connectivity index (χ4n) is 0.900. The molecule has 12 heavy (non-hydrogen) atoms. The van der Waals surface area contributed by atoms with Gasteiger partial charge in [-0.25, -0.2) is 0 Å². The molecule has 0 bridgehead atoms. The number of hydrogen-bond acceptors (Lipinski definition) is 3. The highest BCUT2D eigenvalue weighted by molar-refractivity contribution is 5.33. The molecule has 0 spiro atoms. The summed E-state index contributed by atoms with van der Waals surface area (Å²) in [6, 6.07) is 6.18. The van der Waals surface area contributed by atoms with Crippen LogP contribution >= 0.6 is 0 Å². The second kappa shape index (κ2) is 3.32. The van der Waals surface area contributed by atoms with Gasteiger partial charge < -0.3 is 5.73 Å². The third kappa shape index (κ3) is 1.79.